The van der Waals surface area contributed by atoms with Crippen LogP contribution in [0.15, 0.2) is 24.3 Å². The smallest absolute Gasteiger partial charge is 0.312 e. The number of carbonyl (C=O) groups is 2. The molecule has 0 aromatic heterocycles. The summed E-state index contributed by atoms with van der Waals surface area (Å²) in [4.78, 5) is 23.0. The molecule has 0 saturated heterocycles. The average Bonchev–Trinajstić information content (AvgIpc) is 2.42. The number of nitrogens with one attached hydrogen (secondary N) is 1. The zero-order valence-electron chi connectivity index (χ0n) is 11.4. The summed E-state index contributed by atoms with van der Waals surface area (Å²) in [5, 5.41) is 11.7. The number of amides is 1. The molecule has 6 heteroatoms. The summed E-state index contributed by atoms with van der Waals surface area (Å²) < 4.78 is 17.8. The van der Waals surface area contributed by atoms with Gasteiger partial charge in [-0.3, -0.25) is 9.59 Å². The lowest BCUT2D eigenvalue weighted by Crippen LogP contribution is -2.39. The van der Waals surface area contributed by atoms with Gasteiger partial charge in [-0.1, -0.05) is 19.1 Å². The molecule has 0 aliphatic rings. The third-order valence-corrected chi connectivity index (χ3v) is 3.00. The number of halogens is 1. The van der Waals surface area contributed by atoms with Crippen LogP contribution in [0.4, 0.5) is 4.39 Å². The Kier molecular flexibility index (Phi) is 6.11. The lowest BCUT2D eigenvalue weighted by molar-refractivity contribution is -0.139. The van der Waals surface area contributed by atoms with Crippen molar-refractivity contribution in [3.63, 3.8) is 0 Å². The van der Waals surface area contributed by atoms with E-state index in [4.69, 9.17) is 4.74 Å². The fraction of sp³-hybridized carbons (Fsp3) is 0.429. The van der Waals surface area contributed by atoms with Crippen molar-refractivity contribution in [1.82, 2.24) is 5.32 Å². The molecule has 0 saturated carbocycles. The second-order valence-corrected chi connectivity index (χ2v) is 4.32. The van der Waals surface area contributed by atoms with E-state index in [0.717, 1.165) is 0 Å². The SMILES string of the molecule is CCC(OC)C(=O)NCC(C(=O)O)c1ccc(F)cc1. The number of carboxylic acids is 1. The summed E-state index contributed by atoms with van der Waals surface area (Å²) in [7, 11) is 1.42. The topological polar surface area (TPSA) is 75.6 Å². The molecule has 0 bridgehead atoms. The van der Waals surface area contributed by atoms with Crippen LogP contribution in [0, 0.1) is 5.82 Å². The average molecular weight is 283 g/mol. The normalized spacial score (nSPS) is 13.6. The van der Waals surface area contributed by atoms with Gasteiger partial charge in [-0.05, 0) is 24.1 Å². The predicted octanol–water partition coefficient (Wildman–Crippen LogP) is 1.54. The molecule has 110 valence electrons. The number of hydrogen-bond donors (Lipinski definition) is 2. The molecular formula is C14H18FNO4. The predicted molar refractivity (Wildman–Crippen MR) is 70.9 cm³/mol. The fourth-order valence-corrected chi connectivity index (χ4v) is 1.82. The number of aliphatic carboxylic acids is 1. The Morgan fingerprint density at radius 2 is 1.95 bits per heavy atom. The number of carbonyl (C=O) groups excluding carboxylic acids is 1. The Labute approximate surface area is 116 Å². The standard InChI is InChI=1S/C14H18FNO4/c1-3-12(20-2)13(17)16-8-11(14(18)19)9-4-6-10(15)7-5-9/h4-7,11-12H,3,8H2,1-2H3,(H,16,17)(H,18,19). The van der Waals surface area contributed by atoms with Gasteiger partial charge in [0, 0.05) is 13.7 Å². The zero-order chi connectivity index (χ0) is 15.1. The van der Waals surface area contributed by atoms with Crippen molar-refractivity contribution < 1.29 is 23.8 Å². The van der Waals surface area contributed by atoms with E-state index < -0.39 is 23.8 Å². The maximum atomic E-state index is 12.8. The van der Waals surface area contributed by atoms with Crippen LogP contribution < -0.4 is 5.32 Å². The molecule has 2 N–H and O–H groups in total. The van der Waals surface area contributed by atoms with Crippen molar-refractivity contribution in [3.8, 4) is 0 Å². The first-order valence-corrected chi connectivity index (χ1v) is 6.28. The molecule has 1 aromatic rings. The van der Waals surface area contributed by atoms with Gasteiger partial charge in [0.2, 0.25) is 5.91 Å². The minimum absolute atomic E-state index is 0.0698. The van der Waals surface area contributed by atoms with E-state index in [0.29, 0.717) is 12.0 Å². The molecule has 0 fully saturated rings. The second kappa shape index (κ2) is 7.59. The molecule has 0 heterocycles. The first-order valence-electron chi connectivity index (χ1n) is 6.28. The van der Waals surface area contributed by atoms with Crippen molar-refractivity contribution in [2.45, 2.75) is 25.4 Å². The van der Waals surface area contributed by atoms with Crippen LogP contribution in [-0.2, 0) is 14.3 Å². The number of hydrogen-bond acceptors (Lipinski definition) is 3. The summed E-state index contributed by atoms with van der Waals surface area (Å²) >= 11 is 0. The van der Waals surface area contributed by atoms with E-state index in [1.54, 1.807) is 6.92 Å². The minimum atomic E-state index is -1.08. The van der Waals surface area contributed by atoms with Crippen LogP contribution >= 0.6 is 0 Å². The molecule has 20 heavy (non-hydrogen) atoms. The molecule has 0 radical (unpaired) electrons. The van der Waals surface area contributed by atoms with Crippen LogP contribution in [0.2, 0.25) is 0 Å². The largest absolute Gasteiger partial charge is 0.481 e. The van der Waals surface area contributed by atoms with Gasteiger partial charge in [0.25, 0.3) is 0 Å². The number of ether oxygens (including phenoxy) is 1. The van der Waals surface area contributed by atoms with Gasteiger partial charge in [0.1, 0.15) is 11.9 Å². The highest BCUT2D eigenvalue weighted by molar-refractivity contribution is 5.82. The Balaban J connectivity index is 2.72. The van der Waals surface area contributed by atoms with Gasteiger partial charge >= 0.3 is 5.97 Å². The molecule has 0 spiro atoms. The van der Waals surface area contributed by atoms with Gasteiger partial charge in [0.05, 0.1) is 5.92 Å². The van der Waals surface area contributed by atoms with E-state index in [1.807, 2.05) is 0 Å². The first kappa shape index (κ1) is 16.1. The van der Waals surface area contributed by atoms with Crippen molar-refractivity contribution in [2.24, 2.45) is 0 Å². The van der Waals surface area contributed by atoms with Crippen LogP contribution in [0.25, 0.3) is 0 Å². The number of methoxy groups -OCH3 is 1. The van der Waals surface area contributed by atoms with Gasteiger partial charge in [-0.15, -0.1) is 0 Å². The molecule has 2 unspecified atom stereocenters. The van der Waals surface area contributed by atoms with Gasteiger partial charge < -0.3 is 15.2 Å². The summed E-state index contributed by atoms with van der Waals surface area (Å²) in [6.07, 6.45) is -0.103. The summed E-state index contributed by atoms with van der Waals surface area (Å²) in [5.74, 6) is -2.80. The molecule has 0 aliphatic carbocycles. The molecular weight excluding hydrogens is 265 g/mol. The van der Waals surface area contributed by atoms with Crippen LogP contribution in [0.3, 0.4) is 0 Å². The summed E-state index contributed by atoms with van der Waals surface area (Å²) in [6, 6.07) is 5.18. The third kappa shape index (κ3) is 4.31. The molecule has 2 atom stereocenters. The van der Waals surface area contributed by atoms with Crippen molar-refractivity contribution in [2.75, 3.05) is 13.7 Å². The summed E-state index contributed by atoms with van der Waals surface area (Å²) in [6.45, 7) is 1.72. The quantitative estimate of drug-likeness (QED) is 0.796. The van der Waals surface area contributed by atoms with Crippen molar-refractivity contribution >= 4 is 11.9 Å². The molecule has 0 aliphatic heterocycles. The fourth-order valence-electron chi connectivity index (χ4n) is 1.82. The maximum absolute atomic E-state index is 12.8. The highest BCUT2D eigenvalue weighted by Gasteiger charge is 2.22. The van der Waals surface area contributed by atoms with E-state index in [1.165, 1.54) is 31.4 Å². The van der Waals surface area contributed by atoms with E-state index in [2.05, 4.69) is 5.32 Å². The lowest BCUT2D eigenvalue weighted by atomic mass is 9.99. The molecule has 1 rings (SSSR count). The Hall–Kier alpha value is -1.95. The van der Waals surface area contributed by atoms with Crippen LogP contribution in [-0.4, -0.2) is 36.7 Å². The van der Waals surface area contributed by atoms with E-state index in [9.17, 15) is 19.1 Å². The number of benzene rings is 1. The van der Waals surface area contributed by atoms with Crippen LogP contribution in [0.1, 0.15) is 24.8 Å². The monoisotopic (exact) mass is 283 g/mol. The van der Waals surface area contributed by atoms with Gasteiger partial charge in [-0.25, -0.2) is 4.39 Å². The number of rotatable bonds is 7. The zero-order valence-corrected chi connectivity index (χ0v) is 11.4. The van der Waals surface area contributed by atoms with Crippen LogP contribution in [0.5, 0.6) is 0 Å². The highest BCUT2D eigenvalue weighted by Crippen LogP contribution is 2.16. The summed E-state index contributed by atoms with van der Waals surface area (Å²) in [5.41, 5.74) is 0.435. The van der Waals surface area contributed by atoms with Gasteiger partial charge in [-0.2, -0.15) is 0 Å². The van der Waals surface area contributed by atoms with E-state index >= 15 is 0 Å². The molecule has 1 aromatic carbocycles. The number of carboxylic acid groups (broad SMARTS) is 1. The molecule has 1 amide bonds. The Morgan fingerprint density at radius 3 is 2.40 bits per heavy atom. The Morgan fingerprint density at radius 1 is 1.35 bits per heavy atom. The second-order valence-electron chi connectivity index (χ2n) is 4.32. The minimum Gasteiger partial charge on any atom is -0.481 e. The maximum Gasteiger partial charge on any atom is 0.312 e. The van der Waals surface area contributed by atoms with E-state index in [-0.39, 0.29) is 12.5 Å². The van der Waals surface area contributed by atoms with Crippen molar-refractivity contribution in [1.29, 1.82) is 0 Å². The van der Waals surface area contributed by atoms with Gasteiger partial charge in [0.15, 0.2) is 0 Å². The van der Waals surface area contributed by atoms with Crippen molar-refractivity contribution in [3.05, 3.63) is 35.6 Å². The highest BCUT2D eigenvalue weighted by atomic mass is 19.1. The lowest BCUT2D eigenvalue weighted by Gasteiger charge is -2.17. The molecule has 5 nitrogen and oxygen atoms in total. The third-order valence-electron chi connectivity index (χ3n) is 3.00. The Bertz CT molecular complexity index is 457. The first-order chi connectivity index (χ1) is 9.49.